The normalized spacial score (nSPS) is 14.5. The van der Waals surface area contributed by atoms with Crippen LogP contribution in [0.2, 0.25) is 0 Å². The van der Waals surface area contributed by atoms with Crippen molar-refractivity contribution in [2.45, 2.75) is 19.9 Å². The van der Waals surface area contributed by atoms with E-state index < -0.39 is 0 Å². The first-order chi connectivity index (χ1) is 6.11. The molecule has 0 aliphatic carbocycles. The minimum Gasteiger partial charge on any atom is -0.364 e. The first-order valence-corrected chi connectivity index (χ1v) is 4.62. The maximum atomic E-state index is 5.73. The summed E-state index contributed by atoms with van der Waals surface area (Å²) in [5.74, 6) is 0. The molecule has 0 saturated heterocycles. The number of H-pyrrole nitrogens is 1. The third-order valence-corrected chi connectivity index (χ3v) is 2.53. The van der Waals surface area contributed by atoms with Gasteiger partial charge in [-0.3, -0.25) is 0 Å². The third-order valence-electron chi connectivity index (χ3n) is 2.53. The summed E-state index contributed by atoms with van der Waals surface area (Å²) in [6.45, 7) is 4.99. The van der Waals surface area contributed by atoms with Gasteiger partial charge in [0.25, 0.3) is 0 Å². The molecule has 0 spiro atoms. The van der Waals surface area contributed by atoms with Crippen LogP contribution in [0.25, 0.3) is 0 Å². The fourth-order valence-corrected chi connectivity index (χ4v) is 1.61. The number of hydrogen-bond donors (Lipinski definition) is 3. The van der Waals surface area contributed by atoms with Crippen LogP contribution in [-0.2, 0) is 0 Å². The van der Waals surface area contributed by atoms with Crippen molar-refractivity contribution in [3.63, 3.8) is 0 Å². The summed E-state index contributed by atoms with van der Waals surface area (Å²) in [7, 11) is 1.96. The van der Waals surface area contributed by atoms with Gasteiger partial charge in [0.15, 0.2) is 0 Å². The monoisotopic (exact) mass is 181 g/mol. The van der Waals surface area contributed by atoms with Gasteiger partial charge in [-0.25, -0.2) is 0 Å². The minimum absolute atomic E-state index is 0.0691. The molecule has 13 heavy (non-hydrogen) atoms. The second-order valence-electron chi connectivity index (χ2n) is 4.04. The van der Waals surface area contributed by atoms with Crippen LogP contribution in [0.4, 0.5) is 0 Å². The van der Waals surface area contributed by atoms with E-state index in [0.717, 1.165) is 0 Å². The van der Waals surface area contributed by atoms with Crippen molar-refractivity contribution >= 4 is 0 Å². The molecule has 0 aliphatic heterocycles. The number of aromatic amines is 1. The summed E-state index contributed by atoms with van der Waals surface area (Å²) in [5, 5.41) is 3.28. The average Bonchev–Trinajstić information content (AvgIpc) is 2.58. The number of nitrogens with two attached hydrogens (primary N) is 1. The fourth-order valence-electron chi connectivity index (χ4n) is 1.61. The topological polar surface area (TPSA) is 53.8 Å². The van der Waals surface area contributed by atoms with Crippen LogP contribution in [0.1, 0.15) is 25.6 Å². The number of rotatable bonds is 4. The molecule has 1 aromatic rings. The Kier molecular flexibility index (Phi) is 3.12. The van der Waals surface area contributed by atoms with Gasteiger partial charge in [0.1, 0.15) is 0 Å². The molecule has 0 saturated carbocycles. The molecule has 1 rings (SSSR count). The molecule has 1 aromatic heterocycles. The lowest BCUT2D eigenvalue weighted by atomic mass is 9.83. The molecule has 0 aliphatic rings. The maximum Gasteiger partial charge on any atom is 0.0534 e. The Morgan fingerprint density at radius 3 is 2.69 bits per heavy atom. The Morgan fingerprint density at radius 2 is 2.31 bits per heavy atom. The predicted octanol–water partition coefficient (Wildman–Crippen LogP) is 1.26. The van der Waals surface area contributed by atoms with Crippen molar-refractivity contribution in [1.29, 1.82) is 0 Å². The molecule has 0 amide bonds. The highest BCUT2D eigenvalue weighted by atomic mass is 14.9. The molecule has 74 valence electrons. The Labute approximate surface area is 79.7 Å². The highest BCUT2D eigenvalue weighted by Crippen LogP contribution is 2.30. The molecule has 0 aromatic carbocycles. The molecule has 1 atom stereocenters. The predicted molar refractivity (Wildman–Crippen MR) is 55.4 cm³/mol. The standard InChI is InChI=1S/C10H19N3/c1-10(2,7-11)9(12-3)8-5-4-6-13-8/h4-6,9,12-13H,7,11H2,1-3H3. The summed E-state index contributed by atoms with van der Waals surface area (Å²) in [4.78, 5) is 3.21. The molecule has 0 radical (unpaired) electrons. The van der Waals surface area contributed by atoms with Crippen molar-refractivity contribution in [3.05, 3.63) is 24.0 Å². The van der Waals surface area contributed by atoms with Gasteiger partial charge in [-0.1, -0.05) is 13.8 Å². The fraction of sp³-hybridized carbons (Fsp3) is 0.600. The molecule has 1 heterocycles. The van der Waals surface area contributed by atoms with Gasteiger partial charge in [0, 0.05) is 11.9 Å². The largest absolute Gasteiger partial charge is 0.364 e. The summed E-state index contributed by atoms with van der Waals surface area (Å²) in [6, 6.07) is 4.37. The zero-order valence-corrected chi connectivity index (χ0v) is 8.59. The highest BCUT2D eigenvalue weighted by molar-refractivity contribution is 5.12. The molecule has 0 fully saturated rings. The van der Waals surface area contributed by atoms with Crippen LogP contribution in [0.15, 0.2) is 18.3 Å². The summed E-state index contributed by atoms with van der Waals surface area (Å²) in [5.41, 5.74) is 7.00. The zero-order chi connectivity index (χ0) is 9.90. The van der Waals surface area contributed by atoms with E-state index in [1.807, 2.05) is 19.3 Å². The van der Waals surface area contributed by atoms with Gasteiger partial charge in [-0.15, -0.1) is 0 Å². The molecule has 0 bridgehead atoms. The molecular weight excluding hydrogens is 162 g/mol. The van der Waals surface area contributed by atoms with Gasteiger partial charge in [0.05, 0.1) is 6.04 Å². The van der Waals surface area contributed by atoms with E-state index in [9.17, 15) is 0 Å². The Bertz CT molecular complexity index is 239. The van der Waals surface area contributed by atoms with Crippen LogP contribution in [0.5, 0.6) is 0 Å². The van der Waals surface area contributed by atoms with Crippen molar-refractivity contribution in [2.24, 2.45) is 11.1 Å². The van der Waals surface area contributed by atoms with Crippen molar-refractivity contribution in [3.8, 4) is 0 Å². The van der Waals surface area contributed by atoms with E-state index in [4.69, 9.17) is 5.73 Å². The second kappa shape index (κ2) is 3.94. The van der Waals surface area contributed by atoms with Crippen molar-refractivity contribution in [1.82, 2.24) is 10.3 Å². The molecule has 1 unspecified atom stereocenters. The summed E-state index contributed by atoms with van der Waals surface area (Å²) in [6.07, 6.45) is 1.94. The van der Waals surface area contributed by atoms with Crippen molar-refractivity contribution in [2.75, 3.05) is 13.6 Å². The Hall–Kier alpha value is -0.800. The van der Waals surface area contributed by atoms with Crippen LogP contribution >= 0.6 is 0 Å². The van der Waals surface area contributed by atoms with Gasteiger partial charge < -0.3 is 16.0 Å². The minimum atomic E-state index is 0.0691. The van der Waals surface area contributed by atoms with Gasteiger partial charge in [-0.05, 0) is 31.1 Å². The van der Waals surface area contributed by atoms with Gasteiger partial charge in [-0.2, -0.15) is 0 Å². The Balaban J connectivity index is 2.86. The maximum absolute atomic E-state index is 5.73. The van der Waals surface area contributed by atoms with E-state index >= 15 is 0 Å². The first-order valence-electron chi connectivity index (χ1n) is 4.62. The lowest BCUT2D eigenvalue weighted by molar-refractivity contribution is 0.261. The summed E-state index contributed by atoms with van der Waals surface area (Å²) >= 11 is 0. The lowest BCUT2D eigenvalue weighted by Crippen LogP contribution is -2.37. The zero-order valence-electron chi connectivity index (χ0n) is 8.59. The van der Waals surface area contributed by atoms with E-state index in [2.05, 4.69) is 30.2 Å². The number of aromatic nitrogens is 1. The smallest absolute Gasteiger partial charge is 0.0534 e. The highest BCUT2D eigenvalue weighted by Gasteiger charge is 2.28. The number of hydrogen-bond acceptors (Lipinski definition) is 2. The molecular formula is C10H19N3. The van der Waals surface area contributed by atoms with Crippen molar-refractivity contribution < 1.29 is 0 Å². The quantitative estimate of drug-likeness (QED) is 0.655. The Morgan fingerprint density at radius 1 is 1.62 bits per heavy atom. The van der Waals surface area contributed by atoms with E-state index in [1.165, 1.54) is 5.69 Å². The average molecular weight is 181 g/mol. The van der Waals surface area contributed by atoms with Gasteiger partial charge in [0.2, 0.25) is 0 Å². The lowest BCUT2D eigenvalue weighted by Gasteiger charge is -2.32. The van der Waals surface area contributed by atoms with Gasteiger partial charge >= 0.3 is 0 Å². The summed E-state index contributed by atoms with van der Waals surface area (Å²) < 4.78 is 0. The number of nitrogens with one attached hydrogen (secondary N) is 2. The van der Waals surface area contributed by atoms with Crippen LogP contribution in [-0.4, -0.2) is 18.6 Å². The third kappa shape index (κ3) is 2.11. The van der Waals surface area contributed by atoms with E-state index in [-0.39, 0.29) is 11.5 Å². The van der Waals surface area contributed by atoms with Crippen LogP contribution in [0.3, 0.4) is 0 Å². The molecule has 4 N–H and O–H groups in total. The molecule has 3 nitrogen and oxygen atoms in total. The SMILES string of the molecule is CNC(c1ccc[nH]1)C(C)(C)CN. The van der Waals surface area contributed by atoms with E-state index in [0.29, 0.717) is 6.54 Å². The van der Waals surface area contributed by atoms with Crippen LogP contribution < -0.4 is 11.1 Å². The first kappa shape index (κ1) is 10.3. The van der Waals surface area contributed by atoms with Crippen LogP contribution in [0, 0.1) is 5.41 Å². The van der Waals surface area contributed by atoms with E-state index in [1.54, 1.807) is 0 Å². The molecule has 3 heteroatoms. The second-order valence-corrected chi connectivity index (χ2v) is 4.04.